The van der Waals surface area contributed by atoms with Crippen molar-refractivity contribution in [3.8, 4) is 0 Å². The van der Waals surface area contributed by atoms with Crippen molar-refractivity contribution in [2.24, 2.45) is 0 Å². The van der Waals surface area contributed by atoms with Crippen molar-refractivity contribution in [1.29, 1.82) is 0 Å². The van der Waals surface area contributed by atoms with Crippen LogP contribution in [0.1, 0.15) is 6.42 Å². The van der Waals surface area contributed by atoms with Gasteiger partial charge in [0.1, 0.15) is 0 Å². The molecule has 8 heavy (non-hydrogen) atoms. The lowest BCUT2D eigenvalue weighted by Crippen LogP contribution is -1.80. The van der Waals surface area contributed by atoms with Crippen LogP contribution >= 0.6 is 0 Å². The smallest absolute Gasteiger partial charge is 0.185 e. The van der Waals surface area contributed by atoms with Gasteiger partial charge in [0.05, 0.1) is 0 Å². The summed E-state index contributed by atoms with van der Waals surface area (Å²) in [6.45, 7) is 0. The molecule has 40 valence electrons. The molecule has 0 radical (unpaired) electrons. The second-order valence-corrected chi connectivity index (χ2v) is 1.56. The molecule has 1 aliphatic carbocycles. The Balaban J connectivity index is 2.84. The van der Waals surface area contributed by atoms with E-state index in [0.29, 0.717) is 0 Å². The molecule has 1 aliphatic rings. The minimum atomic E-state index is 0.0266. The SMILES string of the molecule is O=C1C=C=CCC=C1. The summed E-state index contributed by atoms with van der Waals surface area (Å²) in [6, 6.07) is 0. The van der Waals surface area contributed by atoms with Crippen molar-refractivity contribution >= 4 is 5.78 Å². The van der Waals surface area contributed by atoms with E-state index in [0.717, 1.165) is 6.42 Å². The fourth-order valence-electron chi connectivity index (χ4n) is 0.509. The molecule has 0 saturated carbocycles. The third-order valence-electron chi connectivity index (χ3n) is 0.879. The van der Waals surface area contributed by atoms with E-state index in [2.05, 4.69) is 5.73 Å². The van der Waals surface area contributed by atoms with Crippen molar-refractivity contribution in [2.75, 3.05) is 0 Å². The second-order valence-electron chi connectivity index (χ2n) is 1.56. The van der Waals surface area contributed by atoms with E-state index in [4.69, 9.17) is 0 Å². The Morgan fingerprint density at radius 1 is 1.62 bits per heavy atom. The van der Waals surface area contributed by atoms with E-state index in [-0.39, 0.29) is 5.78 Å². The Morgan fingerprint density at radius 2 is 2.50 bits per heavy atom. The number of ketones is 1. The first-order chi connectivity index (χ1) is 3.89. The summed E-state index contributed by atoms with van der Waals surface area (Å²) in [5.41, 5.74) is 2.73. The zero-order chi connectivity index (χ0) is 5.82. The topological polar surface area (TPSA) is 17.1 Å². The van der Waals surface area contributed by atoms with Gasteiger partial charge in [-0.3, -0.25) is 4.79 Å². The van der Waals surface area contributed by atoms with E-state index in [1.165, 1.54) is 6.08 Å². The molecule has 1 rings (SSSR count). The van der Waals surface area contributed by atoms with Crippen molar-refractivity contribution < 1.29 is 4.79 Å². The lowest BCUT2D eigenvalue weighted by atomic mass is 10.3. The summed E-state index contributed by atoms with van der Waals surface area (Å²) < 4.78 is 0. The molecule has 0 unspecified atom stereocenters. The van der Waals surface area contributed by atoms with Crippen LogP contribution in [0.2, 0.25) is 0 Å². The third kappa shape index (κ3) is 1.21. The van der Waals surface area contributed by atoms with Gasteiger partial charge in [-0.1, -0.05) is 6.08 Å². The first kappa shape index (κ1) is 5.07. The molecule has 0 aromatic rings. The number of allylic oxidation sites excluding steroid dienone is 3. The Hall–Kier alpha value is -1.07. The second kappa shape index (κ2) is 2.29. The lowest BCUT2D eigenvalue weighted by molar-refractivity contribution is -0.110. The van der Waals surface area contributed by atoms with Gasteiger partial charge in [0.25, 0.3) is 0 Å². The number of rotatable bonds is 0. The third-order valence-corrected chi connectivity index (χ3v) is 0.879. The Morgan fingerprint density at radius 3 is 3.38 bits per heavy atom. The van der Waals surface area contributed by atoms with Gasteiger partial charge in [-0.25, -0.2) is 0 Å². The summed E-state index contributed by atoms with van der Waals surface area (Å²) in [5, 5.41) is 0. The van der Waals surface area contributed by atoms with Crippen molar-refractivity contribution in [3.05, 3.63) is 30.0 Å². The summed E-state index contributed by atoms with van der Waals surface area (Å²) in [7, 11) is 0. The molecule has 0 aromatic heterocycles. The van der Waals surface area contributed by atoms with Gasteiger partial charge in [-0.15, -0.1) is 5.73 Å². The van der Waals surface area contributed by atoms with Gasteiger partial charge in [0.15, 0.2) is 5.78 Å². The normalized spacial score (nSPS) is 16.8. The van der Waals surface area contributed by atoms with Crippen LogP contribution < -0.4 is 0 Å². The van der Waals surface area contributed by atoms with E-state index in [9.17, 15) is 4.79 Å². The molecular weight excluding hydrogens is 100 g/mol. The fraction of sp³-hybridized carbons (Fsp3) is 0.143. The Kier molecular flexibility index (Phi) is 1.45. The minimum Gasteiger partial charge on any atom is -0.289 e. The average molecular weight is 106 g/mol. The summed E-state index contributed by atoms with van der Waals surface area (Å²) in [4.78, 5) is 10.5. The average Bonchev–Trinajstić information content (AvgIpc) is 1.94. The highest BCUT2D eigenvalue weighted by Gasteiger charge is 1.86. The molecule has 0 amide bonds. The minimum absolute atomic E-state index is 0.0266. The van der Waals surface area contributed by atoms with Gasteiger partial charge >= 0.3 is 0 Å². The molecule has 1 nitrogen and oxygen atoms in total. The molecule has 0 spiro atoms. The lowest BCUT2D eigenvalue weighted by Gasteiger charge is -1.72. The Bertz CT molecular complexity index is 181. The molecule has 1 heteroatoms. The maximum atomic E-state index is 10.5. The van der Waals surface area contributed by atoms with Crippen LogP contribution in [-0.4, -0.2) is 5.78 Å². The van der Waals surface area contributed by atoms with Gasteiger partial charge < -0.3 is 0 Å². The quantitative estimate of drug-likeness (QED) is 0.424. The molecule has 0 atom stereocenters. The first-order valence-corrected chi connectivity index (χ1v) is 2.51. The van der Waals surface area contributed by atoms with Gasteiger partial charge in [-0.05, 0) is 18.6 Å². The molecule has 0 aromatic carbocycles. The number of hydrogen-bond acceptors (Lipinski definition) is 1. The van der Waals surface area contributed by atoms with Crippen LogP contribution in [0.4, 0.5) is 0 Å². The van der Waals surface area contributed by atoms with Crippen LogP contribution in [0, 0.1) is 0 Å². The van der Waals surface area contributed by atoms with Crippen LogP contribution in [0.15, 0.2) is 30.0 Å². The van der Waals surface area contributed by atoms with Crippen molar-refractivity contribution in [3.63, 3.8) is 0 Å². The van der Waals surface area contributed by atoms with E-state index in [1.807, 2.05) is 12.2 Å². The number of carbonyl (C=O) groups is 1. The summed E-state index contributed by atoms with van der Waals surface area (Å²) >= 11 is 0. The van der Waals surface area contributed by atoms with Gasteiger partial charge in [0.2, 0.25) is 0 Å². The predicted octanol–water partition coefficient (Wildman–Crippen LogP) is 1.23. The summed E-state index contributed by atoms with van der Waals surface area (Å²) in [6.07, 6.45) is 7.45. The maximum Gasteiger partial charge on any atom is 0.185 e. The van der Waals surface area contributed by atoms with Crippen LogP contribution in [0.25, 0.3) is 0 Å². The molecule has 0 bridgehead atoms. The number of hydrogen-bond donors (Lipinski definition) is 0. The molecule has 0 heterocycles. The maximum absolute atomic E-state index is 10.5. The van der Waals surface area contributed by atoms with E-state index < -0.39 is 0 Å². The molecule has 0 fully saturated rings. The highest BCUT2D eigenvalue weighted by Crippen LogP contribution is 1.90. The van der Waals surface area contributed by atoms with Crippen LogP contribution in [-0.2, 0) is 4.79 Å². The van der Waals surface area contributed by atoms with E-state index >= 15 is 0 Å². The van der Waals surface area contributed by atoms with Crippen LogP contribution in [0.5, 0.6) is 0 Å². The molecular formula is C7H6O. The van der Waals surface area contributed by atoms with Crippen LogP contribution in [0.3, 0.4) is 0 Å². The molecule has 0 N–H and O–H groups in total. The Labute approximate surface area is 48.0 Å². The van der Waals surface area contributed by atoms with E-state index in [1.54, 1.807) is 6.08 Å². The standard InChI is InChI=1S/C7H6O/c8-7-5-3-1-2-4-6-7/h1,4-6H,2H2. The van der Waals surface area contributed by atoms with Crippen molar-refractivity contribution in [1.82, 2.24) is 0 Å². The van der Waals surface area contributed by atoms with Gasteiger partial charge in [-0.2, -0.15) is 0 Å². The monoisotopic (exact) mass is 106 g/mol. The highest BCUT2D eigenvalue weighted by atomic mass is 16.1. The van der Waals surface area contributed by atoms with Gasteiger partial charge in [0, 0.05) is 6.08 Å². The summed E-state index contributed by atoms with van der Waals surface area (Å²) in [5.74, 6) is 0.0266. The highest BCUT2D eigenvalue weighted by molar-refractivity contribution is 5.99. The molecule has 0 aliphatic heterocycles. The predicted molar refractivity (Wildman–Crippen MR) is 31.4 cm³/mol. The first-order valence-electron chi connectivity index (χ1n) is 2.51. The van der Waals surface area contributed by atoms with Crippen molar-refractivity contribution in [2.45, 2.75) is 6.42 Å². The number of carbonyl (C=O) groups excluding carboxylic acids is 1. The molecule has 0 saturated heterocycles. The zero-order valence-electron chi connectivity index (χ0n) is 4.42. The fourth-order valence-corrected chi connectivity index (χ4v) is 0.509. The zero-order valence-corrected chi connectivity index (χ0v) is 4.42. The largest absolute Gasteiger partial charge is 0.289 e.